The van der Waals surface area contributed by atoms with Crippen molar-refractivity contribution >= 4 is 11.7 Å². The summed E-state index contributed by atoms with van der Waals surface area (Å²) in [4.78, 5) is 25.5. The molecular formula is C9H13N3O2. The monoisotopic (exact) mass is 195 g/mol. The number of hydrogen-bond acceptors (Lipinski definition) is 3. The third-order valence-corrected chi connectivity index (χ3v) is 1.66. The molecule has 0 saturated heterocycles. The van der Waals surface area contributed by atoms with E-state index < -0.39 is 0 Å². The quantitative estimate of drug-likeness (QED) is 0.671. The van der Waals surface area contributed by atoms with Crippen LogP contribution >= 0.6 is 0 Å². The molecule has 0 aliphatic carbocycles. The molecule has 0 saturated carbocycles. The number of ketones is 1. The summed E-state index contributed by atoms with van der Waals surface area (Å²) in [5.74, 6) is -0.345. The van der Waals surface area contributed by atoms with Crippen LogP contribution < -0.4 is 5.32 Å². The fourth-order valence-corrected chi connectivity index (χ4v) is 1.03. The van der Waals surface area contributed by atoms with Crippen molar-refractivity contribution in [3.05, 3.63) is 18.7 Å². The van der Waals surface area contributed by atoms with Gasteiger partial charge < -0.3 is 9.88 Å². The first-order valence-electron chi connectivity index (χ1n) is 4.40. The van der Waals surface area contributed by atoms with Crippen LogP contribution in [0.25, 0.3) is 0 Å². The van der Waals surface area contributed by atoms with Gasteiger partial charge in [-0.05, 0) is 6.92 Å². The Morgan fingerprint density at radius 3 is 2.86 bits per heavy atom. The number of carbonyl (C=O) groups is 2. The largest absolute Gasteiger partial charge is 0.354 e. The predicted octanol–water partition coefficient (Wildman–Crippen LogP) is -0.0216. The molecule has 76 valence electrons. The molecule has 0 fully saturated rings. The van der Waals surface area contributed by atoms with Crippen LogP contribution in [0.15, 0.2) is 18.7 Å². The Balaban J connectivity index is 2.15. The van der Waals surface area contributed by atoms with E-state index in [2.05, 4.69) is 10.3 Å². The molecule has 0 bridgehead atoms. The van der Waals surface area contributed by atoms with Crippen molar-refractivity contribution in [1.82, 2.24) is 14.9 Å². The first-order chi connectivity index (χ1) is 6.68. The van der Waals surface area contributed by atoms with Gasteiger partial charge in [0.1, 0.15) is 5.78 Å². The highest BCUT2D eigenvalue weighted by molar-refractivity contribution is 5.96. The summed E-state index contributed by atoms with van der Waals surface area (Å²) in [6.45, 7) is 2.58. The summed E-state index contributed by atoms with van der Waals surface area (Å²) in [5, 5.41) is 2.64. The number of nitrogens with zero attached hydrogens (tertiary/aromatic N) is 2. The van der Waals surface area contributed by atoms with Crippen LogP contribution in [0.5, 0.6) is 0 Å². The maximum absolute atomic E-state index is 11.0. The summed E-state index contributed by atoms with van der Waals surface area (Å²) in [5.41, 5.74) is 0. The van der Waals surface area contributed by atoms with Gasteiger partial charge in [0.2, 0.25) is 5.91 Å². The lowest BCUT2D eigenvalue weighted by Crippen LogP contribution is -2.28. The lowest BCUT2D eigenvalue weighted by atomic mass is 10.3. The third kappa shape index (κ3) is 3.84. The minimum absolute atomic E-state index is 0.0378. The molecule has 1 heterocycles. The summed E-state index contributed by atoms with van der Waals surface area (Å²) in [6.07, 6.45) is 5.13. The van der Waals surface area contributed by atoms with Gasteiger partial charge in [0, 0.05) is 25.5 Å². The van der Waals surface area contributed by atoms with E-state index >= 15 is 0 Å². The minimum atomic E-state index is -0.224. The van der Waals surface area contributed by atoms with Crippen molar-refractivity contribution in [3.63, 3.8) is 0 Å². The number of amides is 1. The number of imidazole rings is 1. The van der Waals surface area contributed by atoms with Crippen molar-refractivity contribution in [2.75, 3.05) is 6.54 Å². The van der Waals surface area contributed by atoms with Crippen molar-refractivity contribution < 1.29 is 9.59 Å². The zero-order chi connectivity index (χ0) is 10.4. The fourth-order valence-electron chi connectivity index (χ4n) is 1.03. The van der Waals surface area contributed by atoms with Crippen molar-refractivity contribution in [2.24, 2.45) is 0 Å². The molecule has 0 unspecified atom stereocenters. The van der Waals surface area contributed by atoms with Crippen LogP contribution in [0, 0.1) is 0 Å². The molecule has 5 nitrogen and oxygen atoms in total. The zero-order valence-corrected chi connectivity index (χ0v) is 8.06. The van der Waals surface area contributed by atoms with Gasteiger partial charge in [0.15, 0.2) is 0 Å². The summed E-state index contributed by atoms with van der Waals surface area (Å²) < 4.78 is 1.86. The standard InChI is InChI=1S/C9H13N3O2/c1-8(13)6-9(14)11-3-5-12-4-2-10-7-12/h2,4,7H,3,5-6H2,1H3,(H,11,14). The second-order valence-electron chi connectivity index (χ2n) is 3.03. The average molecular weight is 195 g/mol. The molecule has 1 N–H and O–H groups in total. The number of nitrogens with one attached hydrogen (secondary N) is 1. The fraction of sp³-hybridized carbons (Fsp3) is 0.444. The van der Waals surface area contributed by atoms with Crippen LogP contribution in [-0.4, -0.2) is 27.8 Å². The Morgan fingerprint density at radius 2 is 2.29 bits per heavy atom. The molecule has 1 aromatic heterocycles. The van der Waals surface area contributed by atoms with E-state index in [4.69, 9.17) is 0 Å². The second-order valence-corrected chi connectivity index (χ2v) is 3.03. The Morgan fingerprint density at radius 1 is 1.50 bits per heavy atom. The van der Waals surface area contributed by atoms with Gasteiger partial charge in [-0.25, -0.2) is 4.98 Å². The number of Topliss-reactive ketones (excluding diaryl/α,β-unsaturated/α-hetero) is 1. The first-order valence-corrected chi connectivity index (χ1v) is 4.40. The molecule has 0 radical (unpaired) electrons. The number of aromatic nitrogens is 2. The van der Waals surface area contributed by atoms with Crippen LogP contribution in [0.2, 0.25) is 0 Å². The summed E-state index contributed by atoms with van der Waals surface area (Å²) in [7, 11) is 0. The Labute approximate surface area is 82.1 Å². The number of rotatable bonds is 5. The average Bonchev–Trinajstić information content (AvgIpc) is 2.55. The van der Waals surface area contributed by atoms with Crippen LogP contribution in [0.3, 0.4) is 0 Å². The number of hydrogen-bond donors (Lipinski definition) is 1. The smallest absolute Gasteiger partial charge is 0.227 e. The molecule has 1 amide bonds. The molecule has 0 spiro atoms. The van der Waals surface area contributed by atoms with Gasteiger partial charge in [-0.15, -0.1) is 0 Å². The van der Waals surface area contributed by atoms with E-state index in [0.29, 0.717) is 13.1 Å². The van der Waals surface area contributed by atoms with E-state index in [1.807, 2.05) is 10.8 Å². The second kappa shape index (κ2) is 5.16. The van der Waals surface area contributed by atoms with Crippen molar-refractivity contribution in [1.29, 1.82) is 0 Å². The normalized spacial score (nSPS) is 9.79. The minimum Gasteiger partial charge on any atom is -0.354 e. The van der Waals surface area contributed by atoms with Crippen LogP contribution in [-0.2, 0) is 16.1 Å². The molecule has 0 aliphatic rings. The molecule has 1 rings (SSSR count). The highest BCUT2D eigenvalue weighted by Crippen LogP contribution is 1.85. The summed E-state index contributed by atoms with van der Waals surface area (Å²) in [6, 6.07) is 0. The highest BCUT2D eigenvalue weighted by Gasteiger charge is 2.03. The SMILES string of the molecule is CC(=O)CC(=O)NCCn1ccnc1. The summed E-state index contributed by atoms with van der Waals surface area (Å²) >= 11 is 0. The van der Waals surface area contributed by atoms with E-state index in [-0.39, 0.29) is 18.1 Å². The molecule has 0 aliphatic heterocycles. The molecule has 1 aromatic rings. The van der Waals surface area contributed by atoms with E-state index in [1.165, 1.54) is 6.92 Å². The van der Waals surface area contributed by atoms with E-state index in [0.717, 1.165) is 0 Å². The number of carbonyl (C=O) groups excluding carboxylic acids is 2. The van der Waals surface area contributed by atoms with Gasteiger partial charge in [0.05, 0.1) is 12.7 Å². The van der Waals surface area contributed by atoms with E-state index in [9.17, 15) is 9.59 Å². The Hall–Kier alpha value is -1.65. The maximum atomic E-state index is 11.0. The van der Waals surface area contributed by atoms with Crippen molar-refractivity contribution in [2.45, 2.75) is 19.9 Å². The third-order valence-electron chi connectivity index (χ3n) is 1.66. The topological polar surface area (TPSA) is 64.0 Å². The van der Waals surface area contributed by atoms with Crippen LogP contribution in [0.4, 0.5) is 0 Å². The highest BCUT2D eigenvalue weighted by atomic mass is 16.2. The Kier molecular flexibility index (Phi) is 3.84. The molecule has 5 heteroatoms. The lowest BCUT2D eigenvalue weighted by molar-refractivity contribution is -0.127. The molecule has 14 heavy (non-hydrogen) atoms. The predicted molar refractivity (Wildman–Crippen MR) is 50.5 cm³/mol. The zero-order valence-electron chi connectivity index (χ0n) is 8.06. The van der Waals surface area contributed by atoms with Gasteiger partial charge in [0.25, 0.3) is 0 Å². The van der Waals surface area contributed by atoms with Gasteiger partial charge >= 0.3 is 0 Å². The molecule has 0 aromatic carbocycles. The maximum Gasteiger partial charge on any atom is 0.227 e. The van der Waals surface area contributed by atoms with Gasteiger partial charge in [-0.1, -0.05) is 0 Å². The Bertz CT molecular complexity index is 306. The molecular weight excluding hydrogens is 182 g/mol. The lowest BCUT2D eigenvalue weighted by Gasteiger charge is -2.03. The molecule has 0 atom stereocenters. The van der Waals surface area contributed by atoms with Crippen LogP contribution in [0.1, 0.15) is 13.3 Å². The van der Waals surface area contributed by atoms with E-state index in [1.54, 1.807) is 12.5 Å². The first kappa shape index (κ1) is 10.4. The van der Waals surface area contributed by atoms with Crippen molar-refractivity contribution in [3.8, 4) is 0 Å². The van der Waals surface area contributed by atoms with Gasteiger partial charge in [-0.2, -0.15) is 0 Å². The van der Waals surface area contributed by atoms with Gasteiger partial charge in [-0.3, -0.25) is 9.59 Å².